The van der Waals surface area contributed by atoms with E-state index in [1.807, 2.05) is 56.4 Å². The topological polar surface area (TPSA) is 37.3 Å². The Labute approximate surface area is 102 Å². The zero-order valence-electron chi connectivity index (χ0n) is 10.1. The van der Waals surface area contributed by atoms with Gasteiger partial charge in [0.05, 0.1) is 5.57 Å². The predicted molar refractivity (Wildman–Crippen MR) is 72.5 cm³/mol. The molecule has 0 bridgehead atoms. The summed E-state index contributed by atoms with van der Waals surface area (Å²) >= 11 is 0. The molecule has 2 nitrogen and oxygen atoms in total. The van der Waals surface area contributed by atoms with Gasteiger partial charge in [-0.3, -0.25) is 0 Å². The highest BCUT2D eigenvalue weighted by Crippen LogP contribution is 2.25. The number of carboxylic acid groups (broad SMARTS) is 1. The fraction of sp³-hybridized carbons (Fsp3) is 0.133. The second-order valence-electron chi connectivity index (χ2n) is 3.60. The maximum Gasteiger partial charge on any atom is 0.335 e. The van der Waals surface area contributed by atoms with Crippen LogP contribution in [-0.4, -0.2) is 11.1 Å². The average molecular weight is 228 g/mol. The van der Waals surface area contributed by atoms with Crippen LogP contribution < -0.4 is 0 Å². The number of rotatable bonds is 4. The van der Waals surface area contributed by atoms with Gasteiger partial charge in [0.2, 0.25) is 0 Å². The summed E-state index contributed by atoms with van der Waals surface area (Å²) < 4.78 is 0. The van der Waals surface area contributed by atoms with Crippen molar-refractivity contribution in [3.05, 3.63) is 53.6 Å². The first-order valence-corrected chi connectivity index (χ1v) is 5.42. The molecule has 0 amide bonds. The van der Waals surface area contributed by atoms with Crippen LogP contribution in [0.5, 0.6) is 0 Å². The summed E-state index contributed by atoms with van der Waals surface area (Å²) in [5.74, 6) is -0.993. The van der Waals surface area contributed by atoms with E-state index in [9.17, 15) is 4.79 Å². The van der Waals surface area contributed by atoms with Crippen molar-refractivity contribution in [1.29, 1.82) is 0 Å². The first-order chi connectivity index (χ1) is 8.11. The molecule has 0 aliphatic rings. The molecule has 0 aromatic heterocycles. The summed E-state index contributed by atoms with van der Waals surface area (Å²) in [5, 5.41) is 9.07. The summed E-state index contributed by atoms with van der Waals surface area (Å²) in [7, 11) is 0. The predicted octanol–water partition coefficient (Wildman–Crippen LogP) is 3.85. The van der Waals surface area contributed by atoms with Crippen LogP contribution in [0.25, 0.3) is 17.7 Å². The quantitative estimate of drug-likeness (QED) is 0.795. The fourth-order valence-electron chi connectivity index (χ4n) is 1.68. The van der Waals surface area contributed by atoms with Gasteiger partial charge < -0.3 is 5.11 Å². The van der Waals surface area contributed by atoms with Crippen LogP contribution in [0.3, 0.4) is 0 Å². The number of hydrogen-bond donors (Lipinski definition) is 1. The van der Waals surface area contributed by atoms with Crippen molar-refractivity contribution in [3.63, 3.8) is 0 Å². The van der Waals surface area contributed by atoms with E-state index >= 15 is 0 Å². The molecule has 0 saturated heterocycles. The SMILES string of the molecule is C=C(C(=O)O)c1c(C=CC)cccc1C=CC. The molecule has 0 aliphatic carbocycles. The van der Waals surface area contributed by atoms with Gasteiger partial charge in [-0.15, -0.1) is 0 Å². The minimum atomic E-state index is -0.993. The molecule has 0 heterocycles. The van der Waals surface area contributed by atoms with Gasteiger partial charge in [-0.25, -0.2) is 4.79 Å². The van der Waals surface area contributed by atoms with Gasteiger partial charge in [0.15, 0.2) is 0 Å². The molecule has 1 N–H and O–H groups in total. The smallest absolute Gasteiger partial charge is 0.335 e. The van der Waals surface area contributed by atoms with Gasteiger partial charge in [0.1, 0.15) is 0 Å². The molecule has 1 aromatic carbocycles. The second-order valence-corrected chi connectivity index (χ2v) is 3.60. The van der Waals surface area contributed by atoms with Gasteiger partial charge in [-0.2, -0.15) is 0 Å². The highest BCUT2D eigenvalue weighted by molar-refractivity contribution is 6.16. The Kier molecular flexibility index (Phi) is 4.46. The van der Waals surface area contributed by atoms with Gasteiger partial charge >= 0.3 is 5.97 Å². The third-order valence-corrected chi connectivity index (χ3v) is 2.38. The molecule has 0 aliphatic heterocycles. The van der Waals surface area contributed by atoms with Gasteiger partial charge in [-0.05, 0) is 25.0 Å². The lowest BCUT2D eigenvalue weighted by atomic mass is 9.94. The normalized spacial score (nSPS) is 11.2. The number of aliphatic carboxylic acids is 1. The minimum Gasteiger partial charge on any atom is -0.478 e. The van der Waals surface area contributed by atoms with E-state index in [4.69, 9.17) is 5.11 Å². The van der Waals surface area contributed by atoms with Crippen molar-refractivity contribution in [1.82, 2.24) is 0 Å². The maximum absolute atomic E-state index is 11.1. The molecule has 0 unspecified atom stereocenters. The minimum absolute atomic E-state index is 0.117. The molecule has 1 rings (SSSR count). The maximum atomic E-state index is 11.1. The Bertz CT molecular complexity index is 463. The zero-order chi connectivity index (χ0) is 12.8. The zero-order valence-corrected chi connectivity index (χ0v) is 10.1. The summed E-state index contributed by atoms with van der Waals surface area (Å²) in [4.78, 5) is 11.1. The van der Waals surface area contributed by atoms with Crippen LogP contribution in [0.1, 0.15) is 30.5 Å². The molecular weight excluding hydrogens is 212 g/mol. The van der Waals surface area contributed by atoms with E-state index in [0.717, 1.165) is 11.1 Å². The average Bonchev–Trinajstić information content (AvgIpc) is 2.29. The molecule has 0 radical (unpaired) electrons. The summed E-state index contributed by atoms with van der Waals surface area (Å²) in [6.45, 7) is 7.44. The molecule has 0 fully saturated rings. The lowest BCUT2D eigenvalue weighted by Crippen LogP contribution is -2.02. The van der Waals surface area contributed by atoms with Crippen molar-refractivity contribution in [2.45, 2.75) is 13.8 Å². The fourth-order valence-corrected chi connectivity index (χ4v) is 1.68. The number of carbonyl (C=O) groups is 1. The lowest BCUT2D eigenvalue weighted by Gasteiger charge is -2.10. The molecule has 1 aromatic rings. The monoisotopic (exact) mass is 228 g/mol. The van der Waals surface area contributed by atoms with E-state index < -0.39 is 5.97 Å². The van der Waals surface area contributed by atoms with Crippen molar-refractivity contribution in [2.24, 2.45) is 0 Å². The molecule has 0 saturated carbocycles. The third-order valence-electron chi connectivity index (χ3n) is 2.38. The Morgan fingerprint density at radius 3 is 2.00 bits per heavy atom. The number of benzene rings is 1. The van der Waals surface area contributed by atoms with Crippen molar-refractivity contribution in [3.8, 4) is 0 Å². The largest absolute Gasteiger partial charge is 0.478 e. The van der Waals surface area contributed by atoms with E-state index in [0.29, 0.717) is 5.56 Å². The highest BCUT2D eigenvalue weighted by atomic mass is 16.4. The Morgan fingerprint density at radius 1 is 1.18 bits per heavy atom. The van der Waals surface area contributed by atoms with Crippen LogP contribution in [0.2, 0.25) is 0 Å². The van der Waals surface area contributed by atoms with Crippen LogP contribution in [-0.2, 0) is 4.79 Å². The number of carboxylic acids is 1. The Hall–Kier alpha value is -2.09. The molecule has 0 spiro atoms. The second kappa shape index (κ2) is 5.85. The van der Waals surface area contributed by atoms with Gasteiger partial charge in [0, 0.05) is 5.56 Å². The first kappa shape index (κ1) is 13.0. The summed E-state index contributed by atoms with van der Waals surface area (Å²) in [5.41, 5.74) is 2.54. The van der Waals surface area contributed by atoms with Gasteiger partial charge in [0.25, 0.3) is 0 Å². The molecule has 2 heteroatoms. The van der Waals surface area contributed by atoms with Crippen molar-refractivity contribution < 1.29 is 9.90 Å². The Balaban J connectivity index is 3.48. The van der Waals surface area contributed by atoms with Crippen LogP contribution in [0, 0.1) is 0 Å². The highest BCUT2D eigenvalue weighted by Gasteiger charge is 2.13. The van der Waals surface area contributed by atoms with E-state index in [-0.39, 0.29) is 5.57 Å². The van der Waals surface area contributed by atoms with Crippen molar-refractivity contribution >= 4 is 23.7 Å². The van der Waals surface area contributed by atoms with Crippen molar-refractivity contribution in [2.75, 3.05) is 0 Å². The van der Waals surface area contributed by atoms with Crippen LogP contribution in [0.4, 0.5) is 0 Å². The number of allylic oxidation sites excluding steroid dienone is 2. The van der Waals surface area contributed by atoms with Crippen LogP contribution in [0.15, 0.2) is 36.9 Å². The van der Waals surface area contributed by atoms with E-state index in [2.05, 4.69) is 6.58 Å². The summed E-state index contributed by atoms with van der Waals surface area (Å²) in [6.07, 6.45) is 7.54. The molecular formula is C15H16O2. The molecule has 17 heavy (non-hydrogen) atoms. The van der Waals surface area contributed by atoms with E-state index in [1.54, 1.807) is 0 Å². The standard InChI is InChI=1S/C15H16O2/c1-4-7-12-9-6-10-13(8-5-2)14(12)11(3)15(16)17/h4-10H,3H2,1-2H3,(H,16,17). The first-order valence-electron chi connectivity index (χ1n) is 5.42. The Morgan fingerprint density at radius 2 is 1.65 bits per heavy atom. The lowest BCUT2D eigenvalue weighted by molar-refractivity contribution is -0.130. The van der Waals surface area contributed by atoms with E-state index in [1.165, 1.54) is 0 Å². The number of hydrogen-bond acceptors (Lipinski definition) is 1. The molecule has 0 atom stereocenters. The molecule has 88 valence electrons. The third kappa shape index (κ3) is 2.94. The van der Waals surface area contributed by atoms with Gasteiger partial charge in [-0.1, -0.05) is 49.1 Å². The summed E-state index contributed by atoms with van der Waals surface area (Å²) in [6, 6.07) is 5.68. The van der Waals surface area contributed by atoms with Crippen LogP contribution >= 0.6 is 0 Å².